The van der Waals surface area contributed by atoms with E-state index in [2.05, 4.69) is 27.0 Å². The fourth-order valence-corrected chi connectivity index (χ4v) is 4.69. The predicted molar refractivity (Wildman–Crippen MR) is 93.6 cm³/mol. The fraction of sp³-hybridized carbons (Fsp3) is 0.389. The number of benzene rings is 1. The molecule has 0 aliphatic heterocycles. The molecule has 0 amide bonds. The third kappa shape index (κ3) is 4.68. The average molecular weight is 318 g/mol. The highest BCUT2D eigenvalue weighted by Crippen LogP contribution is 2.13. The van der Waals surface area contributed by atoms with Crippen LogP contribution in [0.25, 0.3) is 0 Å². The van der Waals surface area contributed by atoms with Gasteiger partial charge in [0.25, 0.3) is 0 Å². The van der Waals surface area contributed by atoms with Crippen LogP contribution in [0.1, 0.15) is 43.5 Å². The lowest BCUT2D eigenvalue weighted by molar-refractivity contribution is -0.241. The van der Waals surface area contributed by atoms with Gasteiger partial charge >= 0.3 is 5.97 Å². The Morgan fingerprint density at radius 1 is 1.14 bits per heavy atom. The Kier molecular flexibility index (Phi) is 7.84. The Labute approximate surface area is 134 Å². The van der Waals surface area contributed by atoms with E-state index in [-0.39, 0.29) is 0 Å². The maximum absolute atomic E-state index is 11.9. The Morgan fingerprint density at radius 3 is 2.27 bits per heavy atom. The average Bonchev–Trinajstić information content (AvgIpc) is 2.57. The Bertz CT molecular complexity index is 486. The number of hydrogen-bond donors (Lipinski definition) is 0. The van der Waals surface area contributed by atoms with E-state index in [1.165, 1.54) is 5.19 Å². The summed E-state index contributed by atoms with van der Waals surface area (Å²) in [4.78, 5) is 21.6. The van der Waals surface area contributed by atoms with Crippen LogP contribution in [0.4, 0.5) is 0 Å². The van der Waals surface area contributed by atoms with Crippen LogP contribution >= 0.6 is 0 Å². The second-order valence-electron chi connectivity index (χ2n) is 5.28. The molecule has 0 aliphatic rings. The van der Waals surface area contributed by atoms with Gasteiger partial charge in [-0.05, 0) is 24.6 Å². The van der Waals surface area contributed by atoms with Gasteiger partial charge in [-0.15, -0.1) is 13.2 Å². The zero-order valence-corrected chi connectivity index (χ0v) is 14.6. The summed E-state index contributed by atoms with van der Waals surface area (Å²) >= 11 is 0. The van der Waals surface area contributed by atoms with E-state index >= 15 is 0 Å². The molecule has 1 rings (SSSR count). The van der Waals surface area contributed by atoms with E-state index in [0.717, 1.165) is 25.3 Å². The molecule has 4 heteroatoms. The van der Waals surface area contributed by atoms with Crippen molar-refractivity contribution in [1.82, 2.24) is 0 Å². The number of rotatable bonds is 10. The van der Waals surface area contributed by atoms with Crippen molar-refractivity contribution >= 4 is 19.2 Å². The molecular weight excluding hydrogens is 292 g/mol. The quantitative estimate of drug-likeness (QED) is 0.282. The van der Waals surface area contributed by atoms with Crippen LogP contribution in [0, 0.1) is 0 Å². The minimum absolute atomic E-state index is 0.441. The molecule has 0 saturated heterocycles. The molecule has 0 radical (unpaired) electrons. The van der Waals surface area contributed by atoms with Crippen molar-refractivity contribution in [1.29, 1.82) is 0 Å². The highest BCUT2D eigenvalue weighted by atomic mass is 28.3. The van der Waals surface area contributed by atoms with Crippen molar-refractivity contribution in [3.63, 3.8) is 0 Å². The first kappa shape index (κ1) is 18.4. The van der Waals surface area contributed by atoms with Gasteiger partial charge in [0, 0.05) is 0 Å². The number of hydrogen-bond acceptors (Lipinski definition) is 3. The molecule has 0 aromatic heterocycles. The van der Waals surface area contributed by atoms with Crippen molar-refractivity contribution in [2.24, 2.45) is 0 Å². The zero-order valence-electron chi connectivity index (χ0n) is 13.6. The highest BCUT2D eigenvalue weighted by Gasteiger charge is 2.26. The maximum Gasteiger partial charge on any atom is 0.373 e. The first-order valence-electron chi connectivity index (χ1n) is 7.85. The lowest BCUT2D eigenvalue weighted by atomic mass is 10.2. The van der Waals surface area contributed by atoms with Crippen molar-refractivity contribution in [3.8, 4) is 0 Å². The van der Waals surface area contributed by atoms with Crippen LogP contribution in [0.3, 0.4) is 0 Å². The third-order valence-corrected chi connectivity index (χ3v) is 7.97. The molecule has 0 atom stereocenters. The SMILES string of the molecule is C=C[Si](C=C)(CC)c1ccc(C(=O)OOCCCCC)cc1. The lowest BCUT2D eigenvalue weighted by Crippen LogP contribution is -2.43. The van der Waals surface area contributed by atoms with Crippen LogP contribution < -0.4 is 5.19 Å². The van der Waals surface area contributed by atoms with Crippen molar-refractivity contribution in [2.75, 3.05) is 6.61 Å². The first-order chi connectivity index (χ1) is 10.6. The molecule has 3 nitrogen and oxygen atoms in total. The standard InChI is InChI=1S/C18H26O3Si/c1-5-9-10-15-20-21-18(19)16-11-13-17(14-12-16)22(6-2,7-3)8-4/h6-7,11-14H,2-3,5,8-10,15H2,1,4H3. The fourth-order valence-electron chi connectivity index (χ4n) is 2.28. The Morgan fingerprint density at radius 2 is 1.77 bits per heavy atom. The van der Waals surface area contributed by atoms with Crippen LogP contribution in [0.5, 0.6) is 0 Å². The molecule has 0 aliphatic carbocycles. The molecule has 120 valence electrons. The molecule has 0 fully saturated rings. The maximum atomic E-state index is 11.9. The van der Waals surface area contributed by atoms with Crippen molar-refractivity contribution in [3.05, 3.63) is 54.4 Å². The van der Waals surface area contributed by atoms with Crippen LogP contribution in [0.15, 0.2) is 48.8 Å². The monoisotopic (exact) mass is 318 g/mol. The lowest BCUT2D eigenvalue weighted by Gasteiger charge is -2.23. The second-order valence-corrected chi connectivity index (χ2v) is 9.46. The highest BCUT2D eigenvalue weighted by molar-refractivity contribution is 6.99. The molecule has 1 aromatic carbocycles. The molecule has 0 N–H and O–H groups in total. The molecule has 0 unspecified atom stereocenters. The normalized spacial score (nSPS) is 11.0. The van der Waals surface area contributed by atoms with Crippen LogP contribution in [0.2, 0.25) is 6.04 Å². The van der Waals surface area contributed by atoms with E-state index in [4.69, 9.17) is 9.78 Å². The van der Waals surface area contributed by atoms with Crippen molar-refractivity contribution < 1.29 is 14.6 Å². The van der Waals surface area contributed by atoms with Gasteiger partial charge in [-0.1, -0.05) is 55.4 Å². The summed E-state index contributed by atoms with van der Waals surface area (Å²) in [7, 11) is -1.85. The summed E-state index contributed by atoms with van der Waals surface area (Å²) in [5, 5.41) is 1.19. The van der Waals surface area contributed by atoms with E-state index in [9.17, 15) is 4.79 Å². The van der Waals surface area contributed by atoms with Gasteiger partial charge in [0.2, 0.25) is 0 Å². The summed E-state index contributed by atoms with van der Waals surface area (Å²) in [5.41, 5.74) is 4.53. The number of carbonyl (C=O) groups is 1. The molecular formula is C18H26O3Si. The van der Waals surface area contributed by atoms with Gasteiger partial charge in [0.15, 0.2) is 0 Å². The minimum atomic E-state index is -1.85. The summed E-state index contributed by atoms with van der Waals surface area (Å²) in [5.74, 6) is -0.455. The Balaban J connectivity index is 2.66. The van der Waals surface area contributed by atoms with E-state index < -0.39 is 14.0 Å². The zero-order chi connectivity index (χ0) is 16.4. The smallest absolute Gasteiger partial charge is 0.293 e. The summed E-state index contributed by atoms with van der Waals surface area (Å²) < 4.78 is 0. The summed E-state index contributed by atoms with van der Waals surface area (Å²) in [6, 6.07) is 8.48. The topological polar surface area (TPSA) is 35.5 Å². The van der Waals surface area contributed by atoms with E-state index in [1.807, 2.05) is 23.5 Å². The first-order valence-corrected chi connectivity index (χ1v) is 10.2. The third-order valence-electron chi connectivity index (χ3n) is 3.94. The minimum Gasteiger partial charge on any atom is -0.293 e. The molecule has 1 aromatic rings. The number of carbonyl (C=O) groups excluding carboxylic acids is 1. The molecule has 0 spiro atoms. The van der Waals surface area contributed by atoms with E-state index in [0.29, 0.717) is 12.2 Å². The van der Waals surface area contributed by atoms with Gasteiger partial charge in [-0.3, -0.25) is 4.89 Å². The molecule has 0 heterocycles. The largest absolute Gasteiger partial charge is 0.373 e. The van der Waals surface area contributed by atoms with Crippen LogP contribution in [-0.4, -0.2) is 20.7 Å². The van der Waals surface area contributed by atoms with Gasteiger partial charge in [-0.2, -0.15) is 4.89 Å². The van der Waals surface area contributed by atoms with Crippen molar-refractivity contribution in [2.45, 2.75) is 39.2 Å². The molecule has 0 bridgehead atoms. The molecule has 22 heavy (non-hydrogen) atoms. The molecule has 0 saturated carbocycles. The predicted octanol–water partition coefficient (Wildman–Crippen LogP) is 4.09. The summed E-state index contributed by atoms with van der Waals surface area (Å²) in [6.45, 7) is 12.6. The van der Waals surface area contributed by atoms with Gasteiger partial charge in [-0.25, -0.2) is 4.79 Å². The van der Waals surface area contributed by atoms with Gasteiger partial charge < -0.3 is 0 Å². The van der Waals surface area contributed by atoms with E-state index in [1.54, 1.807) is 12.1 Å². The summed E-state index contributed by atoms with van der Waals surface area (Å²) in [6.07, 6.45) is 3.07. The van der Waals surface area contributed by atoms with Gasteiger partial charge in [0.1, 0.15) is 8.07 Å². The Hall–Kier alpha value is -1.65. The second kappa shape index (κ2) is 9.38. The number of unbranched alkanes of at least 4 members (excludes halogenated alkanes) is 2. The van der Waals surface area contributed by atoms with Crippen LogP contribution in [-0.2, 0) is 9.78 Å². The van der Waals surface area contributed by atoms with Gasteiger partial charge in [0.05, 0.1) is 12.2 Å².